The molecule has 0 atom stereocenters. The van der Waals surface area contributed by atoms with Gasteiger partial charge in [-0.1, -0.05) is 37.4 Å². The molecule has 0 saturated heterocycles. The van der Waals surface area contributed by atoms with Gasteiger partial charge in [0.1, 0.15) is 16.9 Å². The normalized spacial score (nSPS) is 17.4. The summed E-state index contributed by atoms with van der Waals surface area (Å²) in [6.07, 6.45) is 11.6. The van der Waals surface area contributed by atoms with E-state index in [0.29, 0.717) is 16.5 Å². The number of nitrogens with one attached hydrogen (secondary N) is 1. The molecular weight excluding hydrogens is 402 g/mol. The molecule has 1 N–H and O–H groups in total. The van der Waals surface area contributed by atoms with Gasteiger partial charge in [-0.05, 0) is 44.1 Å². The molecule has 2 heterocycles. The van der Waals surface area contributed by atoms with E-state index in [0.717, 1.165) is 42.2 Å². The Balaban J connectivity index is 1.39. The molecule has 0 radical (unpaired) electrons. The molecule has 0 aliphatic heterocycles. The number of amides is 1. The third-order valence-corrected chi connectivity index (χ3v) is 8.18. The molecule has 0 spiro atoms. The first-order chi connectivity index (χ1) is 14.2. The first-order valence-corrected chi connectivity index (χ1v) is 12.3. The zero-order valence-corrected chi connectivity index (χ0v) is 18.5. The SMILES string of the molecule is Cn1c(SCC(=O)Nc2sc3c(c2C#N)CCCCC3)nnc1C1CCCCC1. The van der Waals surface area contributed by atoms with E-state index in [-0.39, 0.29) is 11.7 Å². The van der Waals surface area contributed by atoms with Crippen LogP contribution in [-0.2, 0) is 24.7 Å². The lowest BCUT2D eigenvalue weighted by Gasteiger charge is -2.20. The Morgan fingerprint density at radius 3 is 2.76 bits per heavy atom. The third-order valence-electron chi connectivity index (χ3n) is 5.96. The minimum Gasteiger partial charge on any atom is -0.316 e. The van der Waals surface area contributed by atoms with Crippen molar-refractivity contribution < 1.29 is 4.79 Å². The number of thiophene rings is 1. The lowest BCUT2D eigenvalue weighted by atomic mass is 9.89. The van der Waals surface area contributed by atoms with E-state index in [4.69, 9.17) is 0 Å². The predicted molar refractivity (Wildman–Crippen MR) is 116 cm³/mol. The van der Waals surface area contributed by atoms with Crippen LogP contribution in [0.3, 0.4) is 0 Å². The molecule has 29 heavy (non-hydrogen) atoms. The molecule has 0 bridgehead atoms. The Hall–Kier alpha value is -1.85. The molecule has 0 unspecified atom stereocenters. The van der Waals surface area contributed by atoms with E-state index in [1.54, 1.807) is 11.3 Å². The summed E-state index contributed by atoms with van der Waals surface area (Å²) < 4.78 is 2.04. The summed E-state index contributed by atoms with van der Waals surface area (Å²) in [6, 6.07) is 2.32. The monoisotopic (exact) mass is 429 g/mol. The first kappa shape index (κ1) is 20.4. The molecule has 2 aliphatic carbocycles. The number of aryl methyl sites for hydroxylation is 1. The van der Waals surface area contributed by atoms with E-state index in [9.17, 15) is 10.1 Å². The van der Waals surface area contributed by atoms with Crippen LogP contribution in [0.1, 0.15) is 79.1 Å². The van der Waals surface area contributed by atoms with Gasteiger partial charge in [0, 0.05) is 17.8 Å². The molecule has 8 heteroatoms. The smallest absolute Gasteiger partial charge is 0.235 e. The number of nitriles is 1. The van der Waals surface area contributed by atoms with Crippen LogP contribution in [-0.4, -0.2) is 26.4 Å². The highest BCUT2D eigenvalue weighted by Gasteiger charge is 2.23. The number of anilines is 1. The van der Waals surface area contributed by atoms with Gasteiger partial charge in [0.05, 0.1) is 11.3 Å². The third kappa shape index (κ3) is 4.51. The van der Waals surface area contributed by atoms with Crippen LogP contribution in [0.15, 0.2) is 5.16 Å². The van der Waals surface area contributed by atoms with Gasteiger partial charge < -0.3 is 9.88 Å². The van der Waals surface area contributed by atoms with Crippen molar-refractivity contribution in [3.05, 3.63) is 21.8 Å². The fourth-order valence-electron chi connectivity index (χ4n) is 4.41. The lowest BCUT2D eigenvalue weighted by Crippen LogP contribution is -2.15. The zero-order valence-electron chi connectivity index (χ0n) is 16.9. The average Bonchev–Trinajstić information content (AvgIpc) is 3.17. The quantitative estimate of drug-likeness (QED) is 0.545. The summed E-state index contributed by atoms with van der Waals surface area (Å²) in [5, 5.41) is 22.8. The van der Waals surface area contributed by atoms with Crippen LogP contribution in [0.2, 0.25) is 0 Å². The molecule has 2 aromatic heterocycles. The second kappa shape index (κ2) is 9.31. The zero-order chi connectivity index (χ0) is 20.2. The summed E-state index contributed by atoms with van der Waals surface area (Å²) >= 11 is 2.99. The number of hydrogen-bond donors (Lipinski definition) is 1. The fourth-order valence-corrected chi connectivity index (χ4v) is 6.38. The number of carbonyl (C=O) groups excluding carboxylic acids is 1. The number of fused-ring (bicyclic) bond motifs is 1. The van der Waals surface area contributed by atoms with E-state index in [1.165, 1.54) is 55.2 Å². The topological polar surface area (TPSA) is 83.6 Å². The highest BCUT2D eigenvalue weighted by Crippen LogP contribution is 2.37. The lowest BCUT2D eigenvalue weighted by molar-refractivity contribution is -0.113. The molecule has 1 saturated carbocycles. The first-order valence-electron chi connectivity index (χ1n) is 10.5. The van der Waals surface area contributed by atoms with Gasteiger partial charge >= 0.3 is 0 Å². The van der Waals surface area contributed by atoms with Gasteiger partial charge in [0.15, 0.2) is 5.16 Å². The van der Waals surface area contributed by atoms with Gasteiger partial charge in [-0.25, -0.2) is 0 Å². The minimum atomic E-state index is -0.0925. The Morgan fingerprint density at radius 2 is 1.97 bits per heavy atom. The summed E-state index contributed by atoms with van der Waals surface area (Å²) in [7, 11) is 1.99. The maximum Gasteiger partial charge on any atom is 0.235 e. The number of carbonyl (C=O) groups is 1. The summed E-state index contributed by atoms with van der Waals surface area (Å²) in [5.74, 6) is 1.71. The highest BCUT2D eigenvalue weighted by atomic mass is 32.2. The van der Waals surface area contributed by atoms with Crippen LogP contribution in [0.4, 0.5) is 5.00 Å². The largest absolute Gasteiger partial charge is 0.316 e. The Bertz CT molecular complexity index is 920. The van der Waals surface area contributed by atoms with Crippen molar-refractivity contribution in [3.8, 4) is 6.07 Å². The van der Waals surface area contributed by atoms with Gasteiger partial charge in [0.25, 0.3) is 0 Å². The van der Waals surface area contributed by atoms with Crippen molar-refractivity contribution in [1.82, 2.24) is 14.8 Å². The molecule has 0 aromatic carbocycles. The Labute approximate surface area is 180 Å². The number of aromatic nitrogens is 3. The molecule has 6 nitrogen and oxygen atoms in total. The van der Waals surface area contributed by atoms with E-state index in [2.05, 4.69) is 21.6 Å². The van der Waals surface area contributed by atoms with Gasteiger partial charge in [-0.2, -0.15) is 5.26 Å². The molecule has 1 amide bonds. The number of nitrogens with zero attached hydrogens (tertiary/aromatic N) is 4. The van der Waals surface area contributed by atoms with E-state index in [1.807, 2.05) is 11.6 Å². The molecular formula is C21H27N5OS2. The van der Waals surface area contributed by atoms with Crippen molar-refractivity contribution in [2.75, 3.05) is 11.1 Å². The Kier molecular flexibility index (Phi) is 6.56. The fraction of sp³-hybridized carbons (Fsp3) is 0.619. The minimum absolute atomic E-state index is 0.0925. The number of rotatable bonds is 5. The van der Waals surface area contributed by atoms with Crippen molar-refractivity contribution in [2.24, 2.45) is 7.05 Å². The van der Waals surface area contributed by atoms with Crippen molar-refractivity contribution in [1.29, 1.82) is 5.26 Å². The second-order valence-electron chi connectivity index (χ2n) is 7.95. The van der Waals surface area contributed by atoms with Crippen LogP contribution in [0.5, 0.6) is 0 Å². The maximum atomic E-state index is 12.6. The van der Waals surface area contributed by atoms with Gasteiger partial charge in [-0.15, -0.1) is 21.5 Å². The maximum absolute atomic E-state index is 12.6. The highest BCUT2D eigenvalue weighted by molar-refractivity contribution is 7.99. The van der Waals surface area contributed by atoms with Crippen LogP contribution < -0.4 is 5.32 Å². The van der Waals surface area contributed by atoms with Crippen molar-refractivity contribution >= 4 is 34.0 Å². The summed E-state index contributed by atoms with van der Waals surface area (Å²) in [5.41, 5.74) is 1.83. The van der Waals surface area contributed by atoms with Gasteiger partial charge in [0.2, 0.25) is 5.91 Å². The van der Waals surface area contributed by atoms with E-state index >= 15 is 0 Å². The standard InChI is InChI=1S/C21H27N5OS2/c1-26-19(14-8-4-2-5-9-14)24-25-21(26)28-13-18(27)23-20-16(12-22)15-10-6-3-7-11-17(15)29-20/h14H,2-11,13H2,1H3,(H,23,27). The van der Waals surface area contributed by atoms with E-state index < -0.39 is 0 Å². The molecule has 2 aromatic rings. The molecule has 154 valence electrons. The van der Waals surface area contributed by atoms with Gasteiger partial charge in [-0.3, -0.25) is 4.79 Å². The van der Waals surface area contributed by atoms with Crippen LogP contribution in [0.25, 0.3) is 0 Å². The number of thioether (sulfide) groups is 1. The molecule has 4 rings (SSSR count). The van der Waals surface area contributed by atoms with Crippen molar-refractivity contribution in [3.63, 3.8) is 0 Å². The van der Waals surface area contributed by atoms with Crippen LogP contribution in [0, 0.1) is 11.3 Å². The molecule has 2 aliphatic rings. The Morgan fingerprint density at radius 1 is 1.21 bits per heavy atom. The van der Waals surface area contributed by atoms with Crippen LogP contribution >= 0.6 is 23.1 Å². The second-order valence-corrected chi connectivity index (χ2v) is 10.00. The summed E-state index contributed by atoms with van der Waals surface area (Å²) in [4.78, 5) is 13.8. The number of hydrogen-bond acceptors (Lipinski definition) is 6. The molecule has 1 fully saturated rings. The summed E-state index contributed by atoms with van der Waals surface area (Å²) in [6.45, 7) is 0. The average molecular weight is 430 g/mol. The predicted octanol–water partition coefficient (Wildman–Crippen LogP) is 4.80. The van der Waals surface area contributed by atoms with Crippen molar-refractivity contribution in [2.45, 2.75) is 75.3 Å².